The predicted octanol–water partition coefficient (Wildman–Crippen LogP) is 4.24. The molecule has 0 unspecified atom stereocenters. The van der Waals surface area contributed by atoms with Crippen molar-refractivity contribution in [3.63, 3.8) is 0 Å². The number of anilines is 1. The Labute approximate surface area is 124 Å². The minimum atomic E-state index is -0.467. The molecule has 0 atom stereocenters. The van der Waals surface area contributed by atoms with Crippen molar-refractivity contribution >= 4 is 27.5 Å². The van der Waals surface area contributed by atoms with E-state index >= 15 is 0 Å². The van der Waals surface area contributed by atoms with E-state index in [1.54, 1.807) is 30.3 Å². The highest BCUT2D eigenvalue weighted by Crippen LogP contribution is 2.26. The van der Waals surface area contributed by atoms with Gasteiger partial charge in [0.05, 0.1) is 16.8 Å². The zero-order valence-corrected chi connectivity index (χ0v) is 12.4. The summed E-state index contributed by atoms with van der Waals surface area (Å²) in [6, 6.07) is 11.0. The van der Waals surface area contributed by atoms with Crippen LogP contribution in [0.5, 0.6) is 5.75 Å². The van der Waals surface area contributed by atoms with Crippen LogP contribution in [0.25, 0.3) is 0 Å². The molecule has 0 spiro atoms. The Morgan fingerprint density at radius 3 is 2.70 bits per heavy atom. The number of ether oxygens (including phenoxy) is 1. The van der Waals surface area contributed by atoms with E-state index in [9.17, 15) is 9.18 Å². The third-order valence-corrected chi connectivity index (χ3v) is 3.24. The molecule has 1 N–H and O–H groups in total. The first-order chi connectivity index (χ1) is 9.61. The highest BCUT2D eigenvalue weighted by atomic mass is 79.9. The largest absolute Gasteiger partial charge is 0.493 e. The summed E-state index contributed by atoms with van der Waals surface area (Å²) in [7, 11) is 0. The maximum atomic E-state index is 13.5. The van der Waals surface area contributed by atoms with E-state index in [-0.39, 0.29) is 11.6 Å². The summed E-state index contributed by atoms with van der Waals surface area (Å²) in [4.78, 5) is 12.0. The first-order valence-electron chi connectivity index (χ1n) is 6.10. The molecule has 0 aliphatic carbocycles. The van der Waals surface area contributed by atoms with E-state index < -0.39 is 5.82 Å². The smallest absolute Gasteiger partial charge is 0.255 e. The van der Waals surface area contributed by atoms with Gasteiger partial charge < -0.3 is 10.1 Å². The van der Waals surface area contributed by atoms with E-state index in [1.165, 1.54) is 12.1 Å². The predicted molar refractivity (Wildman–Crippen MR) is 79.7 cm³/mol. The molecule has 0 fully saturated rings. The number of nitrogens with one attached hydrogen (secondary N) is 1. The van der Waals surface area contributed by atoms with Crippen molar-refractivity contribution in [2.75, 3.05) is 11.9 Å². The average Bonchev–Trinajstić information content (AvgIpc) is 2.43. The number of amides is 1. The number of hydrogen-bond acceptors (Lipinski definition) is 2. The molecule has 2 rings (SSSR count). The molecule has 0 saturated carbocycles. The second-order valence-corrected chi connectivity index (χ2v) is 4.87. The monoisotopic (exact) mass is 337 g/mol. The summed E-state index contributed by atoms with van der Waals surface area (Å²) in [5.41, 5.74) is 0.575. The molecular weight excluding hydrogens is 325 g/mol. The van der Waals surface area contributed by atoms with Crippen LogP contribution in [0.4, 0.5) is 10.1 Å². The van der Waals surface area contributed by atoms with Gasteiger partial charge in [0, 0.05) is 5.56 Å². The molecule has 0 aromatic heterocycles. The van der Waals surface area contributed by atoms with E-state index in [0.717, 1.165) is 0 Å². The van der Waals surface area contributed by atoms with Gasteiger partial charge in [-0.3, -0.25) is 4.79 Å². The van der Waals surface area contributed by atoms with Gasteiger partial charge >= 0.3 is 0 Å². The molecule has 0 radical (unpaired) electrons. The number of benzene rings is 2. The fourth-order valence-corrected chi connectivity index (χ4v) is 2.16. The van der Waals surface area contributed by atoms with Crippen molar-refractivity contribution in [1.29, 1.82) is 0 Å². The molecule has 2 aromatic carbocycles. The van der Waals surface area contributed by atoms with Crippen LogP contribution in [0.2, 0.25) is 0 Å². The SMILES string of the molecule is CCOc1ccc(C(=O)Nc2ccccc2F)cc1Br. The molecule has 0 heterocycles. The molecule has 0 aliphatic rings. The van der Waals surface area contributed by atoms with Crippen LogP contribution < -0.4 is 10.1 Å². The highest BCUT2D eigenvalue weighted by Gasteiger charge is 2.11. The van der Waals surface area contributed by atoms with Crippen LogP contribution in [-0.4, -0.2) is 12.5 Å². The van der Waals surface area contributed by atoms with Crippen LogP contribution in [0.1, 0.15) is 17.3 Å². The molecule has 5 heteroatoms. The van der Waals surface area contributed by atoms with Crippen molar-refractivity contribution < 1.29 is 13.9 Å². The van der Waals surface area contributed by atoms with Gasteiger partial charge in [0.2, 0.25) is 0 Å². The van der Waals surface area contributed by atoms with Gasteiger partial charge in [0.15, 0.2) is 0 Å². The normalized spacial score (nSPS) is 10.2. The minimum Gasteiger partial charge on any atom is -0.493 e. The molecule has 0 aliphatic heterocycles. The third kappa shape index (κ3) is 3.36. The number of rotatable bonds is 4. The summed E-state index contributed by atoms with van der Waals surface area (Å²) in [6.07, 6.45) is 0. The molecule has 20 heavy (non-hydrogen) atoms. The van der Waals surface area contributed by atoms with Gasteiger partial charge in [0.25, 0.3) is 5.91 Å². The number of halogens is 2. The van der Waals surface area contributed by atoms with Crippen LogP contribution in [0, 0.1) is 5.82 Å². The van der Waals surface area contributed by atoms with Crippen molar-refractivity contribution in [2.24, 2.45) is 0 Å². The second-order valence-electron chi connectivity index (χ2n) is 4.01. The molecule has 0 bridgehead atoms. The number of carbonyl (C=O) groups is 1. The maximum Gasteiger partial charge on any atom is 0.255 e. The van der Waals surface area contributed by atoms with Crippen molar-refractivity contribution in [2.45, 2.75) is 6.92 Å². The Kier molecular flexibility index (Phi) is 4.74. The van der Waals surface area contributed by atoms with Gasteiger partial charge in [-0.2, -0.15) is 0 Å². The lowest BCUT2D eigenvalue weighted by Crippen LogP contribution is -2.13. The van der Waals surface area contributed by atoms with E-state index in [1.807, 2.05) is 6.92 Å². The number of carbonyl (C=O) groups excluding carboxylic acids is 1. The van der Waals surface area contributed by atoms with Crippen LogP contribution in [0.3, 0.4) is 0 Å². The summed E-state index contributed by atoms with van der Waals surface area (Å²) >= 11 is 3.34. The van der Waals surface area contributed by atoms with E-state index in [4.69, 9.17) is 4.74 Å². The van der Waals surface area contributed by atoms with Crippen LogP contribution in [-0.2, 0) is 0 Å². The molecule has 2 aromatic rings. The van der Waals surface area contributed by atoms with Crippen molar-refractivity contribution in [3.05, 3.63) is 58.3 Å². The number of para-hydroxylation sites is 1. The lowest BCUT2D eigenvalue weighted by molar-refractivity contribution is 0.102. The summed E-state index contributed by atoms with van der Waals surface area (Å²) in [5.74, 6) is -0.181. The lowest BCUT2D eigenvalue weighted by atomic mass is 10.2. The Morgan fingerprint density at radius 1 is 1.30 bits per heavy atom. The summed E-state index contributed by atoms with van der Waals surface area (Å²) < 4.78 is 19.5. The van der Waals surface area contributed by atoms with Gasteiger partial charge in [-0.15, -0.1) is 0 Å². The van der Waals surface area contributed by atoms with Gasteiger partial charge in [-0.05, 0) is 53.2 Å². The summed E-state index contributed by atoms with van der Waals surface area (Å²) in [5, 5.41) is 2.53. The zero-order valence-electron chi connectivity index (χ0n) is 10.8. The Hall–Kier alpha value is -1.88. The van der Waals surface area contributed by atoms with Gasteiger partial charge in [0.1, 0.15) is 11.6 Å². The van der Waals surface area contributed by atoms with Gasteiger partial charge in [-0.25, -0.2) is 4.39 Å². The summed E-state index contributed by atoms with van der Waals surface area (Å²) in [6.45, 7) is 2.42. The standard InChI is InChI=1S/C15H13BrFNO2/c1-2-20-14-8-7-10(9-11(14)16)15(19)18-13-6-4-3-5-12(13)17/h3-9H,2H2,1H3,(H,18,19). The quantitative estimate of drug-likeness (QED) is 0.906. The number of hydrogen-bond donors (Lipinski definition) is 1. The highest BCUT2D eigenvalue weighted by molar-refractivity contribution is 9.10. The molecular formula is C15H13BrFNO2. The van der Waals surface area contributed by atoms with E-state index in [2.05, 4.69) is 21.2 Å². The molecule has 0 saturated heterocycles. The second kappa shape index (κ2) is 6.52. The maximum absolute atomic E-state index is 13.5. The van der Waals surface area contributed by atoms with E-state index in [0.29, 0.717) is 22.4 Å². The first kappa shape index (κ1) is 14.5. The molecule has 3 nitrogen and oxygen atoms in total. The minimum absolute atomic E-state index is 0.155. The van der Waals surface area contributed by atoms with Crippen LogP contribution >= 0.6 is 15.9 Å². The molecule has 104 valence electrons. The fourth-order valence-electron chi connectivity index (χ4n) is 1.67. The third-order valence-electron chi connectivity index (χ3n) is 2.62. The Morgan fingerprint density at radius 2 is 2.05 bits per heavy atom. The zero-order chi connectivity index (χ0) is 14.5. The topological polar surface area (TPSA) is 38.3 Å². The Bertz CT molecular complexity index is 631. The fraction of sp³-hybridized carbons (Fsp3) is 0.133. The van der Waals surface area contributed by atoms with Gasteiger partial charge in [-0.1, -0.05) is 12.1 Å². The molecule has 1 amide bonds. The van der Waals surface area contributed by atoms with Crippen molar-refractivity contribution in [3.8, 4) is 5.75 Å². The average molecular weight is 338 g/mol. The lowest BCUT2D eigenvalue weighted by Gasteiger charge is -2.09. The Balaban J connectivity index is 2.18. The van der Waals surface area contributed by atoms with Crippen LogP contribution in [0.15, 0.2) is 46.9 Å². The first-order valence-corrected chi connectivity index (χ1v) is 6.89. The van der Waals surface area contributed by atoms with Crippen molar-refractivity contribution in [1.82, 2.24) is 0 Å².